The first-order valence-electron chi connectivity index (χ1n) is 7.64. The topological polar surface area (TPSA) is 103 Å². The molecule has 0 heterocycles. The predicted octanol–water partition coefficient (Wildman–Crippen LogP) is 2.96. The number of esters is 1. The zero-order valence-electron chi connectivity index (χ0n) is 14.0. The number of rotatable bonds is 9. The molecule has 9 heteroatoms. The number of para-hydroxylation sites is 1. The monoisotopic (exact) mass is 358 g/mol. The van der Waals surface area contributed by atoms with Crippen molar-refractivity contribution in [1.82, 2.24) is 5.32 Å². The van der Waals surface area contributed by atoms with Gasteiger partial charge in [0.05, 0.1) is 19.8 Å². The minimum absolute atomic E-state index is 0.0508. The molecule has 1 rings (SSSR count). The van der Waals surface area contributed by atoms with Gasteiger partial charge in [-0.15, -0.1) is 0 Å². The van der Waals surface area contributed by atoms with Crippen molar-refractivity contribution >= 4 is 25.3 Å². The third kappa shape index (κ3) is 5.96. The van der Waals surface area contributed by atoms with E-state index in [0.717, 1.165) is 0 Å². The summed E-state index contributed by atoms with van der Waals surface area (Å²) in [5, 5.41) is 4.86. The molecule has 0 aromatic heterocycles. The van der Waals surface area contributed by atoms with Crippen molar-refractivity contribution in [3.63, 3.8) is 0 Å². The number of hydrogen-bond acceptors (Lipinski definition) is 6. The van der Waals surface area contributed by atoms with Gasteiger partial charge in [-0.2, -0.15) is 0 Å². The van der Waals surface area contributed by atoms with Gasteiger partial charge in [0.2, 0.25) is 5.78 Å². The fourth-order valence-corrected chi connectivity index (χ4v) is 3.55. The van der Waals surface area contributed by atoms with Gasteiger partial charge in [-0.25, -0.2) is 9.59 Å². The maximum absolute atomic E-state index is 12.8. The predicted molar refractivity (Wildman–Crippen MR) is 89.9 cm³/mol. The van der Waals surface area contributed by atoms with Crippen LogP contribution in [0.4, 0.5) is 10.5 Å². The van der Waals surface area contributed by atoms with Gasteiger partial charge in [-0.3, -0.25) is 4.57 Å². The second-order valence-electron chi connectivity index (χ2n) is 4.49. The summed E-state index contributed by atoms with van der Waals surface area (Å²) < 4.78 is 28.0. The van der Waals surface area contributed by atoms with Crippen LogP contribution in [0.2, 0.25) is 0 Å². The van der Waals surface area contributed by atoms with E-state index in [2.05, 4.69) is 10.6 Å². The van der Waals surface area contributed by atoms with Gasteiger partial charge in [0.1, 0.15) is 0 Å². The van der Waals surface area contributed by atoms with Gasteiger partial charge < -0.3 is 24.4 Å². The molecule has 1 atom stereocenters. The maximum Gasteiger partial charge on any atom is 0.364 e. The van der Waals surface area contributed by atoms with Crippen molar-refractivity contribution < 1.29 is 27.9 Å². The fourth-order valence-electron chi connectivity index (χ4n) is 1.85. The van der Waals surface area contributed by atoms with E-state index in [0.29, 0.717) is 5.69 Å². The van der Waals surface area contributed by atoms with Gasteiger partial charge in [-0.1, -0.05) is 18.2 Å². The lowest BCUT2D eigenvalue weighted by atomic mass is 10.3. The highest BCUT2D eigenvalue weighted by atomic mass is 31.2. The van der Waals surface area contributed by atoms with Crippen molar-refractivity contribution in [3.8, 4) is 0 Å². The summed E-state index contributed by atoms with van der Waals surface area (Å²) in [6.45, 7) is 4.99. The number of hydrogen-bond donors (Lipinski definition) is 2. The third-order valence-corrected chi connectivity index (χ3v) is 4.95. The van der Waals surface area contributed by atoms with Crippen molar-refractivity contribution in [3.05, 3.63) is 30.3 Å². The summed E-state index contributed by atoms with van der Waals surface area (Å²) in [7, 11) is -3.92. The zero-order chi connectivity index (χ0) is 18.0. The van der Waals surface area contributed by atoms with E-state index in [-0.39, 0.29) is 19.8 Å². The molecule has 0 aliphatic heterocycles. The summed E-state index contributed by atoms with van der Waals surface area (Å²) in [5.41, 5.74) is 0.514. The molecule has 1 aromatic carbocycles. The van der Waals surface area contributed by atoms with Gasteiger partial charge in [0, 0.05) is 5.69 Å². The molecule has 2 amide bonds. The Balaban J connectivity index is 2.94. The average Bonchev–Trinajstić information content (AvgIpc) is 2.54. The van der Waals surface area contributed by atoms with Crippen molar-refractivity contribution in [2.75, 3.05) is 25.1 Å². The minimum atomic E-state index is -3.92. The quantitative estimate of drug-likeness (QED) is 0.520. The molecule has 0 aliphatic rings. The van der Waals surface area contributed by atoms with Crippen molar-refractivity contribution in [1.29, 1.82) is 0 Å². The summed E-state index contributed by atoms with van der Waals surface area (Å²) in [6, 6.07) is 7.89. The van der Waals surface area contributed by atoms with Crippen LogP contribution in [-0.4, -0.2) is 37.6 Å². The Hall–Kier alpha value is -1.89. The SMILES string of the molecule is CCOC(=O)C(NC(=O)Nc1ccccc1)P(=O)(OCC)OCC. The fraction of sp³-hybridized carbons (Fsp3) is 0.467. The number of benzene rings is 1. The molecule has 1 unspecified atom stereocenters. The Labute approximate surface area is 141 Å². The first kappa shape index (κ1) is 20.2. The van der Waals surface area contributed by atoms with E-state index in [4.69, 9.17) is 13.8 Å². The molecule has 8 nitrogen and oxygen atoms in total. The molecule has 0 saturated heterocycles. The molecule has 1 aromatic rings. The molecule has 0 aliphatic carbocycles. The van der Waals surface area contributed by atoms with Crippen LogP contribution in [0.1, 0.15) is 20.8 Å². The number of nitrogens with one attached hydrogen (secondary N) is 2. The smallest absolute Gasteiger partial charge is 0.364 e. The van der Waals surface area contributed by atoms with E-state index in [1.54, 1.807) is 51.1 Å². The summed E-state index contributed by atoms with van der Waals surface area (Å²) in [5.74, 6) is -2.44. The first-order chi connectivity index (χ1) is 11.5. The number of carbonyl (C=O) groups excluding carboxylic acids is 2. The molecule has 0 fully saturated rings. The zero-order valence-corrected chi connectivity index (χ0v) is 14.9. The Kier molecular flexibility index (Phi) is 8.46. The first-order valence-corrected chi connectivity index (χ1v) is 9.26. The highest BCUT2D eigenvalue weighted by molar-refractivity contribution is 7.55. The highest BCUT2D eigenvalue weighted by Crippen LogP contribution is 2.52. The molecule has 0 spiro atoms. The minimum Gasteiger partial charge on any atom is -0.464 e. The second-order valence-corrected chi connectivity index (χ2v) is 6.61. The largest absolute Gasteiger partial charge is 0.464 e. The molecule has 134 valence electrons. The highest BCUT2D eigenvalue weighted by Gasteiger charge is 2.43. The summed E-state index contributed by atoms with van der Waals surface area (Å²) in [6.07, 6.45) is 0. The number of urea groups is 1. The third-order valence-electron chi connectivity index (χ3n) is 2.74. The van der Waals surface area contributed by atoms with E-state index < -0.39 is 25.4 Å². The van der Waals surface area contributed by atoms with Crippen LogP contribution in [-0.2, 0) is 23.1 Å². The van der Waals surface area contributed by atoms with Crippen LogP contribution < -0.4 is 10.6 Å². The molecular weight excluding hydrogens is 335 g/mol. The van der Waals surface area contributed by atoms with Crippen LogP contribution in [0, 0.1) is 0 Å². The van der Waals surface area contributed by atoms with Gasteiger partial charge >= 0.3 is 19.6 Å². The van der Waals surface area contributed by atoms with Gasteiger partial charge in [-0.05, 0) is 32.9 Å². The average molecular weight is 358 g/mol. The molecule has 24 heavy (non-hydrogen) atoms. The van der Waals surface area contributed by atoms with Crippen LogP contribution >= 0.6 is 7.60 Å². The van der Waals surface area contributed by atoms with Crippen LogP contribution in [0.25, 0.3) is 0 Å². The van der Waals surface area contributed by atoms with Crippen LogP contribution in [0.3, 0.4) is 0 Å². The lowest BCUT2D eigenvalue weighted by Gasteiger charge is -2.25. The number of anilines is 1. The summed E-state index contributed by atoms with van der Waals surface area (Å²) >= 11 is 0. The Morgan fingerprint density at radius 2 is 1.62 bits per heavy atom. The summed E-state index contributed by atoms with van der Waals surface area (Å²) in [4.78, 5) is 24.3. The van der Waals surface area contributed by atoms with Crippen LogP contribution in [0.5, 0.6) is 0 Å². The molecule has 0 bridgehead atoms. The second kappa shape index (κ2) is 10.1. The molecule has 2 N–H and O–H groups in total. The van der Waals surface area contributed by atoms with Gasteiger partial charge in [0.15, 0.2) is 0 Å². The van der Waals surface area contributed by atoms with Crippen molar-refractivity contribution in [2.24, 2.45) is 0 Å². The number of ether oxygens (including phenoxy) is 1. The number of carbonyl (C=O) groups is 2. The molecular formula is C15H23N2O6P. The van der Waals surface area contributed by atoms with E-state index in [1.165, 1.54) is 0 Å². The van der Waals surface area contributed by atoms with E-state index in [1.807, 2.05) is 0 Å². The van der Waals surface area contributed by atoms with Gasteiger partial charge in [0.25, 0.3) is 0 Å². The van der Waals surface area contributed by atoms with Crippen molar-refractivity contribution in [2.45, 2.75) is 26.6 Å². The number of amides is 2. The molecule has 0 saturated carbocycles. The lowest BCUT2D eigenvalue weighted by molar-refractivity contribution is -0.143. The van der Waals surface area contributed by atoms with E-state index in [9.17, 15) is 14.2 Å². The Morgan fingerprint density at radius 3 is 2.12 bits per heavy atom. The lowest BCUT2D eigenvalue weighted by Crippen LogP contribution is -2.44. The Morgan fingerprint density at radius 1 is 1.04 bits per heavy atom. The molecule has 0 radical (unpaired) electrons. The Bertz CT molecular complexity index is 571. The maximum atomic E-state index is 12.8. The van der Waals surface area contributed by atoms with Crippen LogP contribution in [0.15, 0.2) is 30.3 Å². The normalized spacial score (nSPS) is 12.3. The van der Waals surface area contributed by atoms with E-state index >= 15 is 0 Å². The standard InChI is InChI=1S/C15H23N2O6P/c1-4-21-14(18)13(24(20,22-5-2)23-6-3)17-15(19)16-12-10-8-7-9-11-12/h7-11,13H,4-6H2,1-3H3,(H2,16,17,19).